The number of nitrogens with zero attached hydrogens (tertiary/aromatic N) is 3. The highest BCUT2D eigenvalue weighted by atomic mass is 16.5. The number of hydrogen-bond acceptors (Lipinski definition) is 5. The maximum absolute atomic E-state index is 12.1. The summed E-state index contributed by atoms with van der Waals surface area (Å²) in [5, 5.41) is 0. The van der Waals surface area contributed by atoms with Crippen molar-refractivity contribution >= 4 is 5.78 Å². The van der Waals surface area contributed by atoms with Crippen LogP contribution in [0.2, 0.25) is 0 Å². The number of hydrogen-bond donors (Lipinski definition) is 0. The van der Waals surface area contributed by atoms with E-state index in [9.17, 15) is 4.79 Å². The number of carbonyl (C=O) groups is 1. The average Bonchev–Trinajstić information content (AvgIpc) is 2.60. The molecule has 1 atom stereocenters. The number of piperazine rings is 1. The van der Waals surface area contributed by atoms with Crippen LogP contribution in [0.3, 0.4) is 0 Å². The summed E-state index contributed by atoms with van der Waals surface area (Å²) in [6, 6.07) is 0.717. The van der Waals surface area contributed by atoms with Gasteiger partial charge in [0.1, 0.15) is 5.78 Å². The number of methoxy groups -OCH3 is 1. The Hall–Kier alpha value is -0.490. The smallest absolute Gasteiger partial charge is 0.149 e. The van der Waals surface area contributed by atoms with Crippen molar-refractivity contribution in [2.24, 2.45) is 5.92 Å². The summed E-state index contributed by atoms with van der Waals surface area (Å²) in [6.45, 7) is 13.6. The molecule has 134 valence electrons. The Morgan fingerprint density at radius 2 is 1.74 bits per heavy atom. The molecule has 2 aliphatic rings. The van der Waals surface area contributed by atoms with E-state index in [-0.39, 0.29) is 5.92 Å². The molecule has 2 heterocycles. The Balaban J connectivity index is 1.66. The third-order valence-electron chi connectivity index (χ3n) is 5.63. The van der Waals surface area contributed by atoms with E-state index in [1.807, 2.05) is 0 Å². The van der Waals surface area contributed by atoms with Crippen molar-refractivity contribution in [3.8, 4) is 0 Å². The molecule has 2 aliphatic heterocycles. The highest BCUT2D eigenvalue weighted by Gasteiger charge is 2.28. The second-order valence-electron chi connectivity index (χ2n) is 7.15. The lowest BCUT2D eigenvalue weighted by atomic mass is 9.99. The second kappa shape index (κ2) is 9.72. The summed E-state index contributed by atoms with van der Waals surface area (Å²) in [5.41, 5.74) is 0. The molecule has 0 N–H and O–H groups in total. The SMILES string of the molecule is CCC(C)C(=O)CN1CCC(N2CCN(CCOC)CC2)CC1. The van der Waals surface area contributed by atoms with Crippen LogP contribution in [0.15, 0.2) is 0 Å². The van der Waals surface area contributed by atoms with Crippen LogP contribution in [-0.2, 0) is 9.53 Å². The summed E-state index contributed by atoms with van der Waals surface area (Å²) in [6.07, 6.45) is 3.39. The first-order valence-electron chi connectivity index (χ1n) is 9.34. The average molecular weight is 325 g/mol. The molecular formula is C18H35N3O2. The van der Waals surface area contributed by atoms with Crippen LogP contribution in [0.1, 0.15) is 33.1 Å². The Bertz CT molecular complexity index is 348. The monoisotopic (exact) mass is 325 g/mol. The summed E-state index contributed by atoms with van der Waals surface area (Å²) in [5.74, 6) is 0.630. The summed E-state index contributed by atoms with van der Waals surface area (Å²) < 4.78 is 5.17. The van der Waals surface area contributed by atoms with E-state index in [0.29, 0.717) is 12.3 Å². The van der Waals surface area contributed by atoms with Gasteiger partial charge in [0.2, 0.25) is 0 Å². The Morgan fingerprint density at radius 3 is 2.30 bits per heavy atom. The van der Waals surface area contributed by atoms with E-state index in [2.05, 4.69) is 28.5 Å². The highest BCUT2D eigenvalue weighted by molar-refractivity contribution is 5.82. The van der Waals surface area contributed by atoms with Crippen LogP contribution >= 0.6 is 0 Å². The van der Waals surface area contributed by atoms with Gasteiger partial charge in [-0.25, -0.2) is 0 Å². The molecule has 5 nitrogen and oxygen atoms in total. The van der Waals surface area contributed by atoms with Crippen molar-refractivity contribution in [3.63, 3.8) is 0 Å². The largest absolute Gasteiger partial charge is 0.383 e. The van der Waals surface area contributed by atoms with E-state index in [1.165, 1.54) is 25.9 Å². The molecule has 2 rings (SSSR count). The molecule has 0 spiro atoms. The van der Waals surface area contributed by atoms with Gasteiger partial charge in [-0.05, 0) is 19.3 Å². The van der Waals surface area contributed by atoms with E-state index in [1.54, 1.807) is 7.11 Å². The normalized spacial score (nSPS) is 24.0. The van der Waals surface area contributed by atoms with Crippen LogP contribution in [0.4, 0.5) is 0 Å². The number of rotatable bonds is 8. The topological polar surface area (TPSA) is 36.0 Å². The van der Waals surface area contributed by atoms with E-state index in [0.717, 1.165) is 51.8 Å². The number of piperidine rings is 1. The molecule has 0 aromatic carbocycles. The van der Waals surface area contributed by atoms with Gasteiger partial charge in [-0.1, -0.05) is 13.8 Å². The predicted octanol–water partition coefficient (Wildman–Crippen LogP) is 1.33. The van der Waals surface area contributed by atoms with Gasteiger partial charge >= 0.3 is 0 Å². The summed E-state index contributed by atoms with van der Waals surface area (Å²) in [7, 11) is 1.77. The molecule has 23 heavy (non-hydrogen) atoms. The molecule has 0 saturated carbocycles. The molecule has 0 radical (unpaired) electrons. The summed E-state index contributed by atoms with van der Waals surface area (Å²) >= 11 is 0. The van der Waals surface area contributed by atoms with Crippen molar-refractivity contribution in [1.82, 2.24) is 14.7 Å². The van der Waals surface area contributed by atoms with Gasteiger partial charge in [0, 0.05) is 64.9 Å². The summed E-state index contributed by atoms with van der Waals surface area (Å²) in [4.78, 5) is 19.6. The molecule has 2 saturated heterocycles. The van der Waals surface area contributed by atoms with E-state index >= 15 is 0 Å². The fraction of sp³-hybridized carbons (Fsp3) is 0.944. The van der Waals surface area contributed by atoms with Crippen molar-refractivity contribution in [3.05, 3.63) is 0 Å². The van der Waals surface area contributed by atoms with Gasteiger partial charge in [-0.3, -0.25) is 19.5 Å². The van der Waals surface area contributed by atoms with Gasteiger partial charge < -0.3 is 4.74 Å². The number of ether oxygens (including phenoxy) is 1. The number of carbonyl (C=O) groups excluding carboxylic acids is 1. The van der Waals surface area contributed by atoms with Crippen molar-refractivity contribution < 1.29 is 9.53 Å². The van der Waals surface area contributed by atoms with E-state index in [4.69, 9.17) is 4.74 Å². The first kappa shape index (κ1) is 18.8. The zero-order valence-electron chi connectivity index (χ0n) is 15.3. The van der Waals surface area contributed by atoms with Crippen LogP contribution in [0.5, 0.6) is 0 Å². The maximum atomic E-state index is 12.1. The van der Waals surface area contributed by atoms with Crippen LogP contribution < -0.4 is 0 Å². The second-order valence-corrected chi connectivity index (χ2v) is 7.15. The fourth-order valence-corrected chi connectivity index (χ4v) is 3.62. The molecule has 0 bridgehead atoms. The quantitative estimate of drug-likeness (QED) is 0.673. The standard InChI is InChI=1S/C18H35N3O2/c1-4-16(2)18(22)15-20-7-5-17(6-8-20)21-11-9-19(10-12-21)13-14-23-3/h16-17H,4-15H2,1-3H3. The molecule has 5 heteroatoms. The third kappa shape index (κ3) is 5.82. The molecule has 0 amide bonds. The Morgan fingerprint density at radius 1 is 1.09 bits per heavy atom. The molecule has 1 unspecified atom stereocenters. The minimum atomic E-state index is 0.216. The maximum Gasteiger partial charge on any atom is 0.149 e. The van der Waals surface area contributed by atoms with Crippen LogP contribution in [0.25, 0.3) is 0 Å². The first-order valence-corrected chi connectivity index (χ1v) is 9.34. The van der Waals surface area contributed by atoms with Gasteiger partial charge in [0.05, 0.1) is 13.2 Å². The molecule has 0 aromatic rings. The number of Topliss-reactive ketones (excluding diaryl/α,β-unsaturated/α-hetero) is 1. The van der Waals surface area contributed by atoms with E-state index < -0.39 is 0 Å². The molecular weight excluding hydrogens is 290 g/mol. The molecule has 2 fully saturated rings. The van der Waals surface area contributed by atoms with Gasteiger partial charge in [0.15, 0.2) is 0 Å². The molecule has 0 aromatic heterocycles. The van der Waals surface area contributed by atoms with Crippen molar-refractivity contribution in [1.29, 1.82) is 0 Å². The fourth-order valence-electron chi connectivity index (χ4n) is 3.62. The minimum absolute atomic E-state index is 0.216. The number of likely N-dealkylation sites (tertiary alicyclic amines) is 1. The zero-order valence-corrected chi connectivity index (χ0v) is 15.3. The minimum Gasteiger partial charge on any atom is -0.383 e. The zero-order chi connectivity index (χ0) is 16.7. The lowest BCUT2D eigenvalue weighted by Gasteiger charge is -2.42. The lowest BCUT2D eigenvalue weighted by Crippen LogP contribution is -2.54. The Labute approximate surface area is 141 Å². The highest BCUT2D eigenvalue weighted by Crippen LogP contribution is 2.19. The van der Waals surface area contributed by atoms with Crippen LogP contribution in [0, 0.1) is 5.92 Å². The lowest BCUT2D eigenvalue weighted by molar-refractivity contribution is -0.124. The molecule has 0 aliphatic carbocycles. The van der Waals surface area contributed by atoms with Crippen LogP contribution in [-0.4, -0.2) is 92.6 Å². The van der Waals surface area contributed by atoms with Crippen molar-refractivity contribution in [2.75, 3.05) is 66.1 Å². The Kier molecular flexibility index (Phi) is 7.96. The van der Waals surface area contributed by atoms with Gasteiger partial charge in [-0.15, -0.1) is 0 Å². The third-order valence-corrected chi connectivity index (χ3v) is 5.63. The first-order chi connectivity index (χ1) is 11.1. The van der Waals surface area contributed by atoms with Crippen molar-refractivity contribution in [2.45, 2.75) is 39.2 Å². The predicted molar refractivity (Wildman–Crippen MR) is 93.8 cm³/mol. The van der Waals surface area contributed by atoms with Gasteiger partial charge in [-0.2, -0.15) is 0 Å². The van der Waals surface area contributed by atoms with Gasteiger partial charge in [0.25, 0.3) is 0 Å². The number of ketones is 1.